The van der Waals surface area contributed by atoms with Gasteiger partial charge in [0.1, 0.15) is 10.1 Å². The second-order valence-electron chi connectivity index (χ2n) is 5.00. The molecule has 1 fully saturated rings. The second-order valence-corrected chi connectivity index (χ2v) is 6.68. The number of nitrogens with zero attached hydrogens (tertiary/aromatic N) is 1. The van der Waals surface area contributed by atoms with Crippen LogP contribution in [0, 0.1) is 0 Å². The maximum absolute atomic E-state index is 12.7. The fourth-order valence-corrected chi connectivity index (χ4v) is 3.89. The number of benzene rings is 2. The van der Waals surface area contributed by atoms with E-state index in [0.29, 0.717) is 21.3 Å². The maximum atomic E-state index is 12.7. The summed E-state index contributed by atoms with van der Waals surface area (Å²) in [6, 6.07) is 10.5. The van der Waals surface area contributed by atoms with Crippen LogP contribution < -0.4 is 4.74 Å². The molecule has 1 aliphatic heterocycles. The van der Waals surface area contributed by atoms with Crippen LogP contribution in [-0.2, 0) is 4.79 Å². The van der Waals surface area contributed by atoms with Gasteiger partial charge in [-0.25, -0.2) is 0 Å². The second kappa shape index (κ2) is 6.86. The van der Waals surface area contributed by atoms with Gasteiger partial charge in [-0.2, -0.15) is 8.78 Å². The van der Waals surface area contributed by atoms with Crippen molar-refractivity contribution in [2.45, 2.75) is 13.5 Å². The fraction of sp³-hybridized carbons (Fsp3) is 0.176. The summed E-state index contributed by atoms with van der Waals surface area (Å²) in [5, 5.41) is 1.61. The van der Waals surface area contributed by atoms with E-state index in [9.17, 15) is 13.6 Å². The zero-order valence-electron chi connectivity index (χ0n) is 12.7. The van der Waals surface area contributed by atoms with E-state index in [0.717, 1.165) is 22.5 Å². The molecule has 1 amide bonds. The predicted molar refractivity (Wildman–Crippen MR) is 96.1 cm³/mol. The van der Waals surface area contributed by atoms with Gasteiger partial charge in [-0.1, -0.05) is 54.3 Å². The van der Waals surface area contributed by atoms with Crippen molar-refractivity contribution in [1.82, 2.24) is 4.90 Å². The Morgan fingerprint density at radius 3 is 2.71 bits per heavy atom. The van der Waals surface area contributed by atoms with Gasteiger partial charge in [0.05, 0.1) is 4.91 Å². The molecule has 1 saturated heterocycles. The standard InChI is InChI=1S/C17H13F2NO2S2/c1-2-20-15(21)14(24-17(20)23)9-12-11-6-4-3-5-10(11)7-8-13(12)22-16(18)19/h3-9,16H,2H2,1H3/b14-9+. The minimum atomic E-state index is -2.94. The number of hydrogen-bond acceptors (Lipinski definition) is 4. The number of halogens is 2. The van der Waals surface area contributed by atoms with Crippen LogP contribution in [0.3, 0.4) is 0 Å². The normalized spacial score (nSPS) is 16.7. The number of rotatable bonds is 4. The highest BCUT2D eigenvalue weighted by atomic mass is 32.2. The largest absolute Gasteiger partial charge is 0.434 e. The van der Waals surface area contributed by atoms with Gasteiger partial charge in [0.15, 0.2) is 0 Å². The molecule has 0 aromatic heterocycles. The number of likely N-dealkylation sites (N-methyl/N-ethyl adjacent to an activating group) is 1. The summed E-state index contributed by atoms with van der Waals surface area (Å²) < 4.78 is 30.5. The number of amides is 1. The Labute approximate surface area is 147 Å². The lowest BCUT2D eigenvalue weighted by Gasteiger charge is -2.12. The highest BCUT2D eigenvalue weighted by Crippen LogP contribution is 2.37. The van der Waals surface area contributed by atoms with Crippen LogP contribution in [0.25, 0.3) is 16.8 Å². The van der Waals surface area contributed by atoms with Crippen LogP contribution in [0.4, 0.5) is 8.78 Å². The van der Waals surface area contributed by atoms with Crippen LogP contribution in [0.15, 0.2) is 41.3 Å². The highest BCUT2D eigenvalue weighted by molar-refractivity contribution is 8.26. The summed E-state index contributed by atoms with van der Waals surface area (Å²) in [7, 11) is 0. The van der Waals surface area contributed by atoms with Gasteiger partial charge < -0.3 is 4.74 Å². The number of thioether (sulfide) groups is 1. The molecule has 2 aromatic rings. The molecule has 3 rings (SSSR count). The average molecular weight is 365 g/mol. The summed E-state index contributed by atoms with van der Waals surface area (Å²) in [4.78, 5) is 14.3. The lowest BCUT2D eigenvalue weighted by molar-refractivity contribution is -0.121. The van der Waals surface area contributed by atoms with Crippen LogP contribution in [-0.4, -0.2) is 28.3 Å². The number of hydrogen-bond donors (Lipinski definition) is 0. The number of carbonyl (C=O) groups is 1. The maximum Gasteiger partial charge on any atom is 0.387 e. The molecular formula is C17H13F2NO2S2. The van der Waals surface area contributed by atoms with Gasteiger partial charge in [-0.15, -0.1) is 0 Å². The molecule has 2 aromatic carbocycles. The summed E-state index contributed by atoms with van der Waals surface area (Å²) in [5.74, 6) is -0.186. The summed E-state index contributed by atoms with van der Waals surface area (Å²) in [5.41, 5.74) is 0.449. The average Bonchev–Trinajstić information content (AvgIpc) is 2.82. The third kappa shape index (κ3) is 3.14. The van der Waals surface area contributed by atoms with E-state index in [1.165, 1.54) is 11.0 Å². The fourth-order valence-electron chi connectivity index (χ4n) is 2.53. The Kier molecular flexibility index (Phi) is 4.82. The monoisotopic (exact) mass is 365 g/mol. The van der Waals surface area contributed by atoms with E-state index >= 15 is 0 Å². The van der Waals surface area contributed by atoms with Gasteiger partial charge in [0.2, 0.25) is 0 Å². The van der Waals surface area contributed by atoms with Crippen molar-refractivity contribution < 1.29 is 18.3 Å². The minimum absolute atomic E-state index is 0.0328. The molecule has 0 unspecified atom stereocenters. The van der Waals surface area contributed by atoms with E-state index in [1.807, 2.05) is 25.1 Å². The number of alkyl halides is 2. The van der Waals surface area contributed by atoms with Gasteiger partial charge in [0, 0.05) is 12.1 Å². The number of thiocarbonyl (C=S) groups is 1. The molecule has 0 bridgehead atoms. The van der Waals surface area contributed by atoms with Gasteiger partial charge in [-0.05, 0) is 29.8 Å². The third-order valence-corrected chi connectivity index (χ3v) is 4.99. The molecule has 7 heteroatoms. The van der Waals surface area contributed by atoms with E-state index < -0.39 is 6.61 Å². The zero-order chi connectivity index (χ0) is 17.3. The number of ether oxygens (including phenoxy) is 1. The SMILES string of the molecule is CCN1C(=O)/C(=C\c2c(OC(F)F)ccc3ccccc23)SC1=S. The molecule has 124 valence electrons. The Bertz CT molecular complexity index is 852. The molecule has 0 radical (unpaired) electrons. The van der Waals surface area contributed by atoms with Crippen LogP contribution in [0.5, 0.6) is 5.75 Å². The Balaban J connectivity index is 2.15. The Morgan fingerprint density at radius 1 is 1.29 bits per heavy atom. The molecule has 1 heterocycles. The highest BCUT2D eigenvalue weighted by Gasteiger charge is 2.31. The number of carbonyl (C=O) groups excluding carboxylic acids is 1. The Morgan fingerprint density at radius 2 is 2.04 bits per heavy atom. The van der Waals surface area contributed by atoms with Gasteiger partial charge in [0.25, 0.3) is 5.91 Å². The molecule has 0 N–H and O–H groups in total. The lowest BCUT2D eigenvalue weighted by Crippen LogP contribution is -2.27. The molecular weight excluding hydrogens is 352 g/mol. The van der Waals surface area contributed by atoms with Crippen molar-refractivity contribution >= 4 is 51.1 Å². The van der Waals surface area contributed by atoms with Crippen molar-refractivity contribution in [1.29, 1.82) is 0 Å². The van der Waals surface area contributed by atoms with E-state index in [4.69, 9.17) is 12.2 Å². The van der Waals surface area contributed by atoms with E-state index in [1.54, 1.807) is 18.2 Å². The first-order chi connectivity index (χ1) is 11.5. The number of fused-ring (bicyclic) bond motifs is 1. The molecule has 1 aliphatic rings. The first kappa shape index (κ1) is 16.9. The quantitative estimate of drug-likeness (QED) is 0.582. The lowest BCUT2D eigenvalue weighted by atomic mass is 10.0. The van der Waals surface area contributed by atoms with Crippen molar-refractivity contribution in [2.24, 2.45) is 0 Å². The van der Waals surface area contributed by atoms with Crippen LogP contribution in [0.2, 0.25) is 0 Å². The predicted octanol–water partition coefficient (Wildman–Crippen LogP) is 4.66. The summed E-state index contributed by atoms with van der Waals surface area (Å²) in [6.45, 7) is -0.641. The molecule has 0 atom stereocenters. The minimum Gasteiger partial charge on any atom is -0.434 e. The zero-order valence-corrected chi connectivity index (χ0v) is 14.3. The molecule has 0 aliphatic carbocycles. The van der Waals surface area contributed by atoms with Crippen molar-refractivity contribution in [3.63, 3.8) is 0 Å². The first-order valence-corrected chi connectivity index (χ1v) is 8.45. The van der Waals surface area contributed by atoms with E-state index in [-0.39, 0.29) is 11.7 Å². The Hall–Kier alpha value is -1.99. The van der Waals surface area contributed by atoms with Crippen molar-refractivity contribution in [3.8, 4) is 5.75 Å². The van der Waals surface area contributed by atoms with Gasteiger partial charge in [-0.3, -0.25) is 9.69 Å². The van der Waals surface area contributed by atoms with Crippen molar-refractivity contribution in [2.75, 3.05) is 6.54 Å². The topological polar surface area (TPSA) is 29.5 Å². The summed E-state index contributed by atoms with van der Waals surface area (Å²) in [6.07, 6.45) is 1.58. The van der Waals surface area contributed by atoms with Crippen LogP contribution in [0.1, 0.15) is 12.5 Å². The molecule has 24 heavy (non-hydrogen) atoms. The molecule has 0 spiro atoms. The smallest absolute Gasteiger partial charge is 0.387 e. The van der Waals surface area contributed by atoms with Crippen LogP contribution >= 0.6 is 24.0 Å². The third-order valence-electron chi connectivity index (χ3n) is 3.61. The summed E-state index contributed by atoms with van der Waals surface area (Å²) >= 11 is 6.35. The molecule has 3 nitrogen and oxygen atoms in total. The molecule has 0 saturated carbocycles. The van der Waals surface area contributed by atoms with Gasteiger partial charge >= 0.3 is 6.61 Å². The van der Waals surface area contributed by atoms with Crippen molar-refractivity contribution in [3.05, 3.63) is 46.9 Å². The first-order valence-electron chi connectivity index (χ1n) is 7.23. The van der Waals surface area contributed by atoms with E-state index in [2.05, 4.69) is 4.74 Å².